The minimum Gasteiger partial charge on any atom is -0.497 e. The van der Waals surface area contributed by atoms with Crippen molar-refractivity contribution in [3.63, 3.8) is 0 Å². The Morgan fingerprint density at radius 1 is 1.10 bits per heavy atom. The molecule has 3 aromatic rings. The van der Waals surface area contributed by atoms with Crippen LogP contribution in [-0.2, 0) is 16.6 Å². The zero-order chi connectivity index (χ0) is 22.6. The van der Waals surface area contributed by atoms with Crippen LogP contribution in [0, 0.1) is 0 Å². The van der Waals surface area contributed by atoms with Crippen molar-refractivity contribution in [3.8, 4) is 5.75 Å². The first kappa shape index (κ1) is 23.2. The molecule has 0 atom stereocenters. The van der Waals surface area contributed by atoms with Crippen molar-refractivity contribution in [1.82, 2.24) is 8.87 Å². The largest absolute Gasteiger partial charge is 0.497 e. The molecule has 0 aliphatic heterocycles. The fraction of sp³-hybridized carbons (Fsp3) is 0.364. The predicted octanol–water partition coefficient (Wildman–Crippen LogP) is 3.89. The lowest BCUT2D eigenvalue weighted by Gasteiger charge is -2.18. The molecular formula is C22H27N3O4S2. The number of aromatic nitrogens is 1. The van der Waals surface area contributed by atoms with Crippen LogP contribution in [0.25, 0.3) is 10.2 Å². The Labute approximate surface area is 186 Å². The number of carbonyl (C=O) groups excluding carboxylic acids is 1. The van der Waals surface area contributed by atoms with Crippen LogP contribution in [0.15, 0.2) is 52.4 Å². The minimum absolute atomic E-state index is 0.169. The molecule has 31 heavy (non-hydrogen) atoms. The molecular weight excluding hydrogens is 434 g/mol. The Hall–Kier alpha value is -2.49. The van der Waals surface area contributed by atoms with Gasteiger partial charge in [0.25, 0.3) is 5.91 Å². The molecule has 166 valence electrons. The number of methoxy groups -OCH3 is 1. The number of sulfonamides is 1. The van der Waals surface area contributed by atoms with E-state index in [1.807, 2.05) is 22.8 Å². The van der Waals surface area contributed by atoms with Crippen molar-refractivity contribution < 1.29 is 17.9 Å². The van der Waals surface area contributed by atoms with Gasteiger partial charge in [-0.2, -0.15) is 9.30 Å². The Morgan fingerprint density at radius 2 is 1.77 bits per heavy atom. The van der Waals surface area contributed by atoms with Gasteiger partial charge in [-0.15, -0.1) is 0 Å². The number of ether oxygens (including phenoxy) is 1. The van der Waals surface area contributed by atoms with Crippen LogP contribution >= 0.6 is 11.3 Å². The maximum absolute atomic E-state index is 12.8. The summed E-state index contributed by atoms with van der Waals surface area (Å²) < 4.78 is 35.0. The minimum atomic E-state index is -3.56. The number of hydrogen-bond donors (Lipinski definition) is 0. The van der Waals surface area contributed by atoms with Crippen molar-refractivity contribution in [2.75, 3.05) is 20.2 Å². The van der Waals surface area contributed by atoms with Gasteiger partial charge in [0.2, 0.25) is 10.0 Å². The third-order valence-electron chi connectivity index (χ3n) is 4.98. The Morgan fingerprint density at radius 3 is 2.35 bits per heavy atom. The van der Waals surface area contributed by atoms with E-state index >= 15 is 0 Å². The van der Waals surface area contributed by atoms with E-state index in [1.165, 1.54) is 39.9 Å². The third-order valence-corrected chi connectivity index (χ3v) is 8.08. The number of rotatable bonds is 8. The fourth-order valence-electron chi connectivity index (χ4n) is 3.34. The monoisotopic (exact) mass is 461 g/mol. The highest BCUT2D eigenvalue weighted by Crippen LogP contribution is 2.23. The molecule has 9 heteroatoms. The highest BCUT2D eigenvalue weighted by atomic mass is 32.2. The first-order chi connectivity index (χ1) is 14.8. The van der Waals surface area contributed by atoms with Gasteiger partial charge in [0.15, 0.2) is 4.80 Å². The summed E-state index contributed by atoms with van der Waals surface area (Å²) >= 11 is 1.43. The molecule has 0 saturated carbocycles. The molecule has 0 radical (unpaired) electrons. The van der Waals surface area contributed by atoms with E-state index < -0.39 is 15.9 Å². The number of fused-ring (bicyclic) bond motifs is 1. The van der Waals surface area contributed by atoms with Crippen LogP contribution in [0.5, 0.6) is 5.75 Å². The van der Waals surface area contributed by atoms with Gasteiger partial charge in [-0.25, -0.2) is 8.42 Å². The van der Waals surface area contributed by atoms with Crippen LogP contribution in [0.3, 0.4) is 0 Å². The summed E-state index contributed by atoms with van der Waals surface area (Å²) in [5.74, 6) is 0.343. The second kappa shape index (κ2) is 9.76. The van der Waals surface area contributed by atoms with Gasteiger partial charge in [-0.05, 0) is 48.9 Å². The van der Waals surface area contributed by atoms with Crippen molar-refractivity contribution in [1.29, 1.82) is 0 Å². The van der Waals surface area contributed by atoms with Gasteiger partial charge in [-0.1, -0.05) is 32.1 Å². The summed E-state index contributed by atoms with van der Waals surface area (Å²) in [6.45, 7) is 7.18. The Kier molecular flexibility index (Phi) is 7.30. The molecule has 0 spiro atoms. The number of aryl methyl sites for hydroxylation is 1. The standard InChI is InChI=1S/C22H27N3O4S2/c1-5-14-25-19-13-10-17(29-4)15-20(19)30-22(25)23-21(26)16-8-11-18(12-9-16)31(27,28)24(6-2)7-3/h8-13,15H,5-7,14H2,1-4H3. The van der Waals surface area contributed by atoms with Gasteiger partial charge in [0.1, 0.15) is 5.75 Å². The Balaban J connectivity index is 1.98. The normalized spacial score (nSPS) is 12.6. The summed E-state index contributed by atoms with van der Waals surface area (Å²) in [6.07, 6.45) is 0.900. The number of carbonyl (C=O) groups is 1. The number of hydrogen-bond acceptors (Lipinski definition) is 5. The lowest BCUT2D eigenvalue weighted by atomic mass is 10.2. The average molecular weight is 462 g/mol. The molecule has 0 saturated heterocycles. The predicted molar refractivity (Wildman–Crippen MR) is 123 cm³/mol. The van der Waals surface area contributed by atoms with Crippen molar-refractivity contribution >= 4 is 37.5 Å². The molecule has 3 rings (SSSR count). The van der Waals surface area contributed by atoms with Crippen LogP contribution in [0.1, 0.15) is 37.6 Å². The molecule has 1 heterocycles. The summed E-state index contributed by atoms with van der Waals surface area (Å²) in [5, 5.41) is 0. The number of nitrogens with zero attached hydrogens (tertiary/aromatic N) is 3. The van der Waals surface area contributed by atoms with Gasteiger partial charge >= 0.3 is 0 Å². The molecule has 0 aliphatic carbocycles. The summed E-state index contributed by atoms with van der Waals surface area (Å²) in [4.78, 5) is 17.9. The lowest BCUT2D eigenvalue weighted by molar-refractivity contribution is 0.0997. The fourth-order valence-corrected chi connectivity index (χ4v) is 5.88. The van der Waals surface area contributed by atoms with Gasteiger partial charge < -0.3 is 9.30 Å². The third kappa shape index (κ3) is 4.73. The van der Waals surface area contributed by atoms with E-state index in [9.17, 15) is 13.2 Å². The highest BCUT2D eigenvalue weighted by Gasteiger charge is 2.21. The molecule has 0 fully saturated rings. The maximum atomic E-state index is 12.8. The zero-order valence-electron chi connectivity index (χ0n) is 18.2. The van der Waals surface area contributed by atoms with Crippen LogP contribution in [0.2, 0.25) is 0 Å². The molecule has 0 unspecified atom stereocenters. The molecule has 1 amide bonds. The van der Waals surface area contributed by atoms with Crippen LogP contribution in [0.4, 0.5) is 0 Å². The smallest absolute Gasteiger partial charge is 0.279 e. The summed E-state index contributed by atoms with van der Waals surface area (Å²) in [7, 11) is -1.94. The lowest BCUT2D eigenvalue weighted by Crippen LogP contribution is -2.30. The second-order valence-corrected chi connectivity index (χ2v) is 9.85. The van der Waals surface area contributed by atoms with Gasteiger partial charge in [0.05, 0.1) is 22.2 Å². The summed E-state index contributed by atoms with van der Waals surface area (Å²) in [5.41, 5.74) is 1.34. The van der Waals surface area contributed by atoms with E-state index in [4.69, 9.17) is 4.74 Å². The topological polar surface area (TPSA) is 81.0 Å². The Bertz CT molecular complexity index is 1240. The van der Waals surface area contributed by atoms with E-state index in [1.54, 1.807) is 21.0 Å². The second-order valence-electron chi connectivity index (χ2n) is 6.90. The quantitative estimate of drug-likeness (QED) is 0.510. The van der Waals surface area contributed by atoms with E-state index in [0.29, 0.717) is 23.5 Å². The van der Waals surface area contributed by atoms with Crippen molar-refractivity contribution in [3.05, 3.63) is 52.8 Å². The van der Waals surface area contributed by atoms with Gasteiger partial charge in [0, 0.05) is 25.2 Å². The van der Waals surface area contributed by atoms with Crippen LogP contribution in [-0.4, -0.2) is 43.4 Å². The first-order valence-corrected chi connectivity index (χ1v) is 12.5. The van der Waals surface area contributed by atoms with E-state index in [-0.39, 0.29) is 4.90 Å². The van der Waals surface area contributed by atoms with Crippen molar-refractivity contribution in [2.24, 2.45) is 4.99 Å². The number of amides is 1. The van der Waals surface area contributed by atoms with Crippen molar-refractivity contribution in [2.45, 2.75) is 38.6 Å². The number of benzene rings is 2. The van der Waals surface area contributed by atoms with Crippen LogP contribution < -0.4 is 9.54 Å². The maximum Gasteiger partial charge on any atom is 0.279 e. The molecule has 7 nitrogen and oxygen atoms in total. The molecule has 1 aromatic heterocycles. The van der Waals surface area contributed by atoms with Gasteiger partial charge in [-0.3, -0.25) is 4.79 Å². The first-order valence-electron chi connectivity index (χ1n) is 10.2. The molecule has 0 bridgehead atoms. The molecule has 0 aliphatic rings. The SMILES string of the molecule is CCCn1c(=NC(=O)c2ccc(S(=O)(=O)N(CC)CC)cc2)sc2cc(OC)ccc21. The highest BCUT2D eigenvalue weighted by molar-refractivity contribution is 7.89. The van der Waals surface area contributed by atoms with E-state index in [0.717, 1.165) is 28.9 Å². The summed E-state index contributed by atoms with van der Waals surface area (Å²) in [6, 6.07) is 11.8. The molecule has 2 aromatic carbocycles. The molecule has 0 N–H and O–H groups in total. The van der Waals surface area contributed by atoms with E-state index in [2.05, 4.69) is 11.9 Å². The zero-order valence-corrected chi connectivity index (χ0v) is 19.8. The number of thiazole rings is 1. The average Bonchev–Trinajstić information content (AvgIpc) is 3.10.